The molecule has 0 aromatic carbocycles. The Morgan fingerprint density at radius 3 is 2.11 bits per heavy atom. The van der Waals surface area contributed by atoms with E-state index in [9.17, 15) is 4.79 Å². The molecule has 0 atom stereocenters. The Hall–Kier alpha value is -0.850. The molecule has 1 heteroatoms. The first kappa shape index (κ1) is 18.1. The molecule has 0 rings (SSSR count). The Bertz CT molecular complexity index is 250. The SMILES string of the molecule is CCCCCCCCC=CCC=CCCC(=O)CC. The molecule has 0 fully saturated rings. The van der Waals surface area contributed by atoms with Crippen LogP contribution in [0, 0.1) is 0 Å². The highest BCUT2D eigenvalue weighted by atomic mass is 16.1. The van der Waals surface area contributed by atoms with Gasteiger partial charge in [0.05, 0.1) is 0 Å². The van der Waals surface area contributed by atoms with Crippen LogP contribution in [0.2, 0.25) is 0 Å². The number of Topliss-reactive ketones (excluding diaryl/α,β-unsaturated/α-hetero) is 1. The highest BCUT2D eigenvalue weighted by Crippen LogP contribution is 2.07. The van der Waals surface area contributed by atoms with Gasteiger partial charge in [0.2, 0.25) is 0 Å². The topological polar surface area (TPSA) is 17.1 Å². The molecule has 0 amide bonds. The van der Waals surface area contributed by atoms with Crippen LogP contribution in [0.25, 0.3) is 0 Å². The zero-order chi connectivity index (χ0) is 14.2. The molecule has 0 saturated carbocycles. The summed E-state index contributed by atoms with van der Waals surface area (Å²) in [6, 6.07) is 0. The minimum absolute atomic E-state index is 0.364. The number of carbonyl (C=O) groups is 1. The van der Waals surface area contributed by atoms with Gasteiger partial charge >= 0.3 is 0 Å². The number of hydrogen-bond acceptors (Lipinski definition) is 1. The van der Waals surface area contributed by atoms with E-state index in [2.05, 4.69) is 31.2 Å². The third-order valence-corrected chi connectivity index (χ3v) is 3.31. The first-order valence-electron chi connectivity index (χ1n) is 8.13. The van der Waals surface area contributed by atoms with Crippen molar-refractivity contribution in [2.24, 2.45) is 0 Å². The van der Waals surface area contributed by atoms with Crippen molar-refractivity contribution in [3.8, 4) is 0 Å². The van der Waals surface area contributed by atoms with Crippen molar-refractivity contribution >= 4 is 5.78 Å². The Morgan fingerprint density at radius 1 is 0.789 bits per heavy atom. The zero-order valence-electron chi connectivity index (χ0n) is 13.0. The van der Waals surface area contributed by atoms with Gasteiger partial charge in [0.15, 0.2) is 0 Å². The molecule has 0 N–H and O–H groups in total. The second-order valence-corrected chi connectivity index (χ2v) is 5.17. The van der Waals surface area contributed by atoms with Gasteiger partial charge in [-0.15, -0.1) is 0 Å². The van der Waals surface area contributed by atoms with E-state index in [4.69, 9.17) is 0 Å². The Kier molecular flexibility index (Phi) is 14.5. The zero-order valence-corrected chi connectivity index (χ0v) is 13.0. The molecular formula is C18H32O. The van der Waals surface area contributed by atoms with E-state index in [0.29, 0.717) is 18.6 Å². The highest BCUT2D eigenvalue weighted by Gasteiger charge is 1.93. The standard InChI is InChI=1S/C18H32O/c1-3-5-6-7-8-9-10-11-12-13-14-15-16-17-18(19)4-2/h11-12,14-15H,3-10,13,16-17H2,1-2H3. The number of hydrogen-bond donors (Lipinski definition) is 0. The molecule has 0 aliphatic carbocycles. The smallest absolute Gasteiger partial charge is 0.132 e. The largest absolute Gasteiger partial charge is 0.300 e. The number of unbranched alkanes of at least 4 members (excludes halogenated alkanes) is 6. The molecule has 0 saturated heterocycles. The van der Waals surface area contributed by atoms with Crippen molar-refractivity contribution in [3.63, 3.8) is 0 Å². The van der Waals surface area contributed by atoms with Crippen LogP contribution >= 0.6 is 0 Å². The van der Waals surface area contributed by atoms with E-state index < -0.39 is 0 Å². The van der Waals surface area contributed by atoms with Gasteiger partial charge in [-0.1, -0.05) is 70.3 Å². The predicted octanol–water partition coefficient (Wildman–Crippen LogP) is 6.00. The van der Waals surface area contributed by atoms with Crippen LogP contribution in [0.4, 0.5) is 0 Å². The number of ketones is 1. The summed E-state index contributed by atoms with van der Waals surface area (Å²) in [6.07, 6.45) is 21.6. The van der Waals surface area contributed by atoms with E-state index in [0.717, 1.165) is 12.8 Å². The Balaban J connectivity index is 3.25. The summed E-state index contributed by atoms with van der Waals surface area (Å²) < 4.78 is 0. The molecule has 0 aromatic rings. The van der Waals surface area contributed by atoms with Crippen molar-refractivity contribution in [2.75, 3.05) is 0 Å². The summed E-state index contributed by atoms with van der Waals surface area (Å²) in [6.45, 7) is 4.19. The van der Waals surface area contributed by atoms with Crippen LogP contribution in [0.5, 0.6) is 0 Å². The second-order valence-electron chi connectivity index (χ2n) is 5.17. The summed E-state index contributed by atoms with van der Waals surface area (Å²) in [5.74, 6) is 0.364. The van der Waals surface area contributed by atoms with Crippen LogP contribution in [-0.4, -0.2) is 5.78 Å². The van der Waals surface area contributed by atoms with Gasteiger partial charge in [0, 0.05) is 12.8 Å². The molecule has 0 aliphatic heterocycles. The molecule has 110 valence electrons. The van der Waals surface area contributed by atoms with Gasteiger partial charge < -0.3 is 0 Å². The average Bonchev–Trinajstić information content (AvgIpc) is 2.43. The first-order valence-corrected chi connectivity index (χ1v) is 8.13. The van der Waals surface area contributed by atoms with Gasteiger partial charge in [0.1, 0.15) is 5.78 Å². The van der Waals surface area contributed by atoms with Gasteiger partial charge in [-0.05, 0) is 25.7 Å². The van der Waals surface area contributed by atoms with Crippen LogP contribution in [0.3, 0.4) is 0 Å². The molecule has 0 spiro atoms. The molecule has 19 heavy (non-hydrogen) atoms. The highest BCUT2D eigenvalue weighted by molar-refractivity contribution is 5.78. The summed E-state index contributed by atoms with van der Waals surface area (Å²) in [4.78, 5) is 11.1. The number of carbonyl (C=O) groups excluding carboxylic acids is 1. The summed E-state index contributed by atoms with van der Waals surface area (Å²) >= 11 is 0. The van der Waals surface area contributed by atoms with Crippen LogP contribution in [-0.2, 0) is 4.79 Å². The normalized spacial score (nSPS) is 11.7. The molecule has 0 bridgehead atoms. The van der Waals surface area contributed by atoms with Crippen LogP contribution in [0.15, 0.2) is 24.3 Å². The van der Waals surface area contributed by atoms with Gasteiger partial charge in [-0.2, -0.15) is 0 Å². The fourth-order valence-corrected chi connectivity index (χ4v) is 1.97. The molecule has 1 nitrogen and oxygen atoms in total. The lowest BCUT2D eigenvalue weighted by atomic mass is 10.1. The molecule has 0 radical (unpaired) electrons. The summed E-state index contributed by atoms with van der Waals surface area (Å²) in [5.41, 5.74) is 0. The van der Waals surface area contributed by atoms with E-state index in [1.54, 1.807) is 0 Å². The monoisotopic (exact) mass is 264 g/mol. The van der Waals surface area contributed by atoms with Crippen LogP contribution in [0.1, 0.15) is 84.5 Å². The Morgan fingerprint density at radius 2 is 1.42 bits per heavy atom. The number of rotatable bonds is 13. The maximum absolute atomic E-state index is 11.1. The third-order valence-electron chi connectivity index (χ3n) is 3.31. The number of allylic oxidation sites excluding steroid dienone is 4. The van der Waals surface area contributed by atoms with Gasteiger partial charge in [0.25, 0.3) is 0 Å². The van der Waals surface area contributed by atoms with E-state index in [-0.39, 0.29) is 0 Å². The van der Waals surface area contributed by atoms with Gasteiger partial charge in [-0.25, -0.2) is 0 Å². The van der Waals surface area contributed by atoms with Crippen molar-refractivity contribution in [2.45, 2.75) is 84.5 Å². The Labute approximate surface area is 120 Å². The van der Waals surface area contributed by atoms with Crippen LogP contribution < -0.4 is 0 Å². The van der Waals surface area contributed by atoms with Crippen molar-refractivity contribution in [3.05, 3.63) is 24.3 Å². The maximum atomic E-state index is 11.1. The quantitative estimate of drug-likeness (QED) is 0.294. The van der Waals surface area contributed by atoms with Gasteiger partial charge in [-0.3, -0.25) is 4.79 Å². The lowest BCUT2D eigenvalue weighted by molar-refractivity contribution is -0.118. The minimum Gasteiger partial charge on any atom is -0.300 e. The fourth-order valence-electron chi connectivity index (χ4n) is 1.97. The first-order chi connectivity index (χ1) is 9.31. The summed E-state index contributed by atoms with van der Waals surface area (Å²) in [7, 11) is 0. The molecular weight excluding hydrogens is 232 g/mol. The predicted molar refractivity (Wildman–Crippen MR) is 85.4 cm³/mol. The van der Waals surface area contributed by atoms with Crippen molar-refractivity contribution in [1.82, 2.24) is 0 Å². The average molecular weight is 264 g/mol. The lowest BCUT2D eigenvalue weighted by Crippen LogP contribution is -1.92. The van der Waals surface area contributed by atoms with Crippen molar-refractivity contribution in [1.29, 1.82) is 0 Å². The van der Waals surface area contributed by atoms with E-state index in [1.165, 1.54) is 44.9 Å². The van der Waals surface area contributed by atoms with E-state index >= 15 is 0 Å². The second kappa shape index (κ2) is 15.2. The maximum Gasteiger partial charge on any atom is 0.132 e. The summed E-state index contributed by atoms with van der Waals surface area (Å²) in [5, 5.41) is 0. The minimum atomic E-state index is 0.364. The third kappa shape index (κ3) is 15.1. The lowest BCUT2D eigenvalue weighted by Gasteiger charge is -1.97. The van der Waals surface area contributed by atoms with E-state index in [1.807, 2.05) is 6.92 Å². The van der Waals surface area contributed by atoms with Crippen molar-refractivity contribution < 1.29 is 4.79 Å². The molecule has 0 aliphatic rings. The molecule has 0 heterocycles. The molecule has 0 unspecified atom stereocenters. The molecule has 0 aromatic heterocycles. The fraction of sp³-hybridized carbons (Fsp3) is 0.722.